The van der Waals surface area contributed by atoms with Gasteiger partial charge in [-0.25, -0.2) is 0 Å². The first kappa shape index (κ1) is 12.1. The van der Waals surface area contributed by atoms with Gasteiger partial charge in [0.15, 0.2) is 5.82 Å². The summed E-state index contributed by atoms with van der Waals surface area (Å²) < 4.78 is 11.0. The molecule has 2 unspecified atom stereocenters. The lowest BCUT2D eigenvalue weighted by Crippen LogP contribution is -2.28. The third-order valence-electron chi connectivity index (χ3n) is 4.34. The summed E-state index contributed by atoms with van der Waals surface area (Å²) in [4.78, 5) is 4.66. The monoisotopic (exact) mass is 251 g/mol. The Labute approximate surface area is 107 Å². The van der Waals surface area contributed by atoms with E-state index in [0.717, 1.165) is 63.7 Å². The van der Waals surface area contributed by atoms with Gasteiger partial charge in [-0.15, -0.1) is 0 Å². The van der Waals surface area contributed by atoms with Crippen LogP contribution in [0.5, 0.6) is 0 Å². The summed E-state index contributed by atoms with van der Waals surface area (Å²) in [5, 5.41) is 7.58. The molecule has 2 saturated heterocycles. The Bertz CT molecular complexity index is 393. The summed E-state index contributed by atoms with van der Waals surface area (Å²) >= 11 is 0. The minimum absolute atomic E-state index is 0.0563. The smallest absolute Gasteiger partial charge is 0.234 e. The molecule has 0 aliphatic carbocycles. The van der Waals surface area contributed by atoms with E-state index >= 15 is 0 Å². The van der Waals surface area contributed by atoms with Crippen LogP contribution >= 0.6 is 0 Å². The molecule has 5 nitrogen and oxygen atoms in total. The quantitative estimate of drug-likeness (QED) is 0.884. The molecule has 2 aliphatic heterocycles. The number of hydrogen-bond donors (Lipinski definition) is 1. The normalized spacial score (nSPS) is 32.8. The Hall–Kier alpha value is -0.940. The van der Waals surface area contributed by atoms with Crippen LogP contribution in [0.4, 0.5) is 0 Å². The summed E-state index contributed by atoms with van der Waals surface area (Å²) in [6.45, 7) is 5.78. The number of rotatable bonds is 3. The maximum Gasteiger partial charge on any atom is 0.234 e. The molecule has 0 amide bonds. The highest BCUT2D eigenvalue weighted by Crippen LogP contribution is 2.34. The van der Waals surface area contributed by atoms with Crippen LogP contribution in [0.25, 0.3) is 0 Å². The number of aromatic nitrogens is 2. The Balaban J connectivity index is 1.79. The second kappa shape index (κ2) is 4.97. The van der Waals surface area contributed by atoms with Gasteiger partial charge in [-0.3, -0.25) is 0 Å². The van der Waals surface area contributed by atoms with Gasteiger partial charge in [0.1, 0.15) is 0 Å². The van der Waals surface area contributed by atoms with Crippen molar-refractivity contribution in [1.29, 1.82) is 0 Å². The van der Waals surface area contributed by atoms with Gasteiger partial charge in [0.2, 0.25) is 5.89 Å². The Kier molecular flexibility index (Phi) is 3.35. The van der Waals surface area contributed by atoms with Crippen LogP contribution in [0.1, 0.15) is 50.2 Å². The summed E-state index contributed by atoms with van der Waals surface area (Å²) in [5.41, 5.74) is 0.0563. The zero-order chi connectivity index (χ0) is 12.4. The standard InChI is InChI=1S/C13H21N3O2/c1-2-13(5-6-14-9-13)12-15-11(16-18-12)10-4-3-7-17-8-10/h10,14H,2-9H2,1H3. The summed E-state index contributed by atoms with van der Waals surface area (Å²) in [6, 6.07) is 0. The van der Waals surface area contributed by atoms with Crippen LogP contribution in [0.3, 0.4) is 0 Å². The first-order chi connectivity index (χ1) is 8.84. The molecule has 100 valence electrons. The number of nitrogens with zero attached hydrogens (tertiary/aromatic N) is 2. The predicted octanol–water partition coefficient (Wildman–Crippen LogP) is 1.60. The first-order valence-corrected chi connectivity index (χ1v) is 6.96. The zero-order valence-corrected chi connectivity index (χ0v) is 10.9. The van der Waals surface area contributed by atoms with E-state index in [0.29, 0.717) is 5.92 Å². The van der Waals surface area contributed by atoms with E-state index in [9.17, 15) is 0 Å². The van der Waals surface area contributed by atoms with Gasteiger partial charge in [-0.2, -0.15) is 4.98 Å². The molecule has 2 atom stereocenters. The number of ether oxygens (including phenoxy) is 1. The van der Waals surface area contributed by atoms with E-state index < -0.39 is 0 Å². The highest BCUT2D eigenvalue weighted by Gasteiger charge is 2.39. The SMILES string of the molecule is CCC1(c2nc(C3CCCOC3)no2)CCNC1. The van der Waals surface area contributed by atoms with E-state index in [1.165, 1.54) is 0 Å². The second-order valence-electron chi connectivity index (χ2n) is 5.43. The van der Waals surface area contributed by atoms with Crippen molar-refractivity contribution < 1.29 is 9.26 Å². The summed E-state index contributed by atoms with van der Waals surface area (Å²) in [7, 11) is 0. The van der Waals surface area contributed by atoms with Gasteiger partial charge in [0.25, 0.3) is 0 Å². The fourth-order valence-electron chi connectivity index (χ4n) is 2.94. The van der Waals surface area contributed by atoms with Crippen molar-refractivity contribution in [2.75, 3.05) is 26.3 Å². The highest BCUT2D eigenvalue weighted by molar-refractivity contribution is 5.11. The molecule has 5 heteroatoms. The Morgan fingerprint density at radius 2 is 2.44 bits per heavy atom. The Morgan fingerprint density at radius 1 is 1.50 bits per heavy atom. The van der Waals surface area contributed by atoms with E-state index in [4.69, 9.17) is 9.26 Å². The molecule has 0 spiro atoms. The third-order valence-corrected chi connectivity index (χ3v) is 4.34. The van der Waals surface area contributed by atoms with Gasteiger partial charge >= 0.3 is 0 Å². The Morgan fingerprint density at radius 3 is 3.11 bits per heavy atom. The lowest BCUT2D eigenvalue weighted by molar-refractivity contribution is 0.0773. The molecule has 2 aliphatic rings. The molecule has 1 aromatic rings. The molecule has 2 fully saturated rings. The molecule has 0 bridgehead atoms. The van der Waals surface area contributed by atoms with Crippen molar-refractivity contribution in [2.24, 2.45) is 0 Å². The van der Waals surface area contributed by atoms with Crippen molar-refractivity contribution in [3.05, 3.63) is 11.7 Å². The lowest BCUT2D eigenvalue weighted by atomic mass is 9.84. The number of nitrogens with one attached hydrogen (secondary N) is 1. The molecule has 3 heterocycles. The molecule has 0 saturated carbocycles. The topological polar surface area (TPSA) is 60.2 Å². The van der Waals surface area contributed by atoms with Crippen LogP contribution < -0.4 is 5.32 Å². The average Bonchev–Trinajstić information content (AvgIpc) is 3.09. The van der Waals surface area contributed by atoms with E-state index in [1.54, 1.807) is 0 Å². The molecule has 18 heavy (non-hydrogen) atoms. The van der Waals surface area contributed by atoms with Crippen LogP contribution in [-0.2, 0) is 10.2 Å². The molecule has 0 radical (unpaired) electrons. The second-order valence-corrected chi connectivity index (χ2v) is 5.43. The molecular weight excluding hydrogens is 230 g/mol. The summed E-state index contributed by atoms with van der Waals surface area (Å²) in [5.74, 6) is 1.97. The third kappa shape index (κ3) is 2.06. The first-order valence-electron chi connectivity index (χ1n) is 6.96. The molecule has 0 aromatic carbocycles. The molecule has 1 N–H and O–H groups in total. The van der Waals surface area contributed by atoms with Crippen LogP contribution in [0, 0.1) is 0 Å². The maximum absolute atomic E-state index is 5.54. The van der Waals surface area contributed by atoms with E-state index in [1.807, 2.05) is 0 Å². The van der Waals surface area contributed by atoms with Gasteiger partial charge in [-0.1, -0.05) is 12.1 Å². The van der Waals surface area contributed by atoms with Crippen LogP contribution in [-0.4, -0.2) is 36.4 Å². The minimum atomic E-state index is 0.0563. The van der Waals surface area contributed by atoms with Crippen molar-refractivity contribution in [3.63, 3.8) is 0 Å². The molecule has 1 aromatic heterocycles. The van der Waals surface area contributed by atoms with Gasteiger partial charge < -0.3 is 14.6 Å². The van der Waals surface area contributed by atoms with Crippen molar-refractivity contribution in [1.82, 2.24) is 15.5 Å². The van der Waals surface area contributed by atoms with Gasteiger partial charge in [0, 0.05) is 19.1 Å². The molecular formula is C13H21N3O2. The van der Waals surface area contributed by atoms with Gasteiger partial charge in [0.05, 0.1) is 12.0 Å². The highest BCUT2D eigenvalue weighted by atomic mass is 16.5. The number of hydrogen-bond acceptors (Lipinski definition) is 5. The summed E-state index contributed by atoms with van der Waals surface area (Å²) in [6.07, 6.45) is 4.33. The fraction of sp³-hybridized carbons (Fsp3) is 0.846. The van der Waals surface area contributed by atoms with Crippen molar-refractivity contribution in [2.45, 2.75) is 43.9 Å². The van der Waals surface area contributed by atoms with Gasteiger partial charge in [-0.05, 0) is 32.2 Å². The van der Waals surface area contributed by atoms with Crippen molar-refractivity contribution in [3.8, 4) is 0 Å². The molecule has 3 rings (SSSR count). The largest absolute Gasteiger partial charge is 0.381 e. The zero-order valence-electron chi connectivity index (χ0n) is 10.9. The predicted molar refractivity (Wildman–Crippen MR) is 66.5 cm³/mol. The fourth-order valence-corrected chi connectivity index (χ4v) is 2.94. The minimum Gasteiger partial charge on any atom is -0.381 e. The van der Waals surface area contributed by atoms with Crippen molar-refractivity contribution >= 4 is 0 Å². The van der Waals surface area contributed by atoms with E-state index in [-0.39, 0.29) is 5.41 Å². The van der Waals surface area contributed by atoms with Crippen LogP contribution in [0.2, 0.25) is 0 Å². The van der Waals surface area contributed by atoms with Crippen LogP contribution in [0.15, 0.2) is 4.52 Å². The lowest BCUT2D eigenvalue weighted by Gasteiger charge is -2.21. The average molecular weight is 251 g/mol. The maximum atomic E-state index is 5.54. The van der Waals surface area contributed by atoms with E-state index in [2.05, 4.69) is 22.4 Å².